The molecule has 0 bridgehead atoms. The molecule has 0 radical (unpaired) electrons. The highest BCUT2D eigenvalue weighted by Gasteiger charge is 2.24. The second-order valence-electron chi connectivity index (χ2n) is 3.38. The summed E-state index contributed by atoms with van der Waals surface area (Å²) in [6, 6.07) is 0. The minimum Gasteiger partial charge on any atom is -0.492 e. The van der Waals surface area contributed by atoms with Crippen LogP contribution in [0.1, 0.15) is 12.5 Å². The zero-order chi connectivity index (χ0) is 13.2. The van der Waals surface area contributed by atoms with Gasteiger partial charge in [-0.05, 0) is 57.7 Å². The Morgan fingerprint density at radius 3 is 1.71 bits per heavy atom. The molecule has 0 saturated carbocycles. The molecule has 0 saturated heterocycles. The van der Waals surface area contributed by atoms with Crippen molar-refractivity contribution in [2.24, 2.45) is 0 Å². The fraction of sp³-hybridized carbons (Fsp3) is 0.333. The predicted molar refractivity (Wildman–Crippen MR) is 86.2 cm³/mol. The van der Waals surface area contributed by atoms with E-state index in [0.29, 0.717) is 17.2 Å². The highest BCUT2D eigenvalue weighted by atomic mass is 127. The van der Waals surface area contributed by atoms with E-state index >= 15 is 0 Å². The molecule has 94 valence electrons. The van der Waals surface area contributed by atoms with E-state index in [0.717, 1.165) is 18.3 Å². The van der Waals surface area contributed by atoms with Gasteiger partial charge in [0, 0.05) is 9.13 Å². The number of ether oxygens (including phenoxy) is 3. The van der Waals surface area contributed by atoms with Crippen LogP contribution < -0.4 is 14.2 Å². The molecule has 0 spiro atoms. The van der Waals surface area contributed by atoms with E-state index in [1.54, 1.807) is 21.3 Å². The first kappa shape index (κ1) is 14.9. The highest BCUT2D eigenvalue weighted by molar-refractivity contribution is 14.1. The van der Waals surface area contributed by atoms with E-state index in [-0.39, 0.29) is 0 Å². The third-order valence-electron chi connectivity index (χ3n) is 2.29. The summed E-state index contributed by atoms with van der Waals surface area (Å²) in [6.45, 7) is 5.93. The van der Waals surface area contributed by atoms with Crippen LogP contribution in [0.4, 0.5) is 0 Å². The van der Waals surface area contributed by atoms with Crippen molar-refractivity contribution < 1.29 is 14.2 Å². The average molecular weight is 460 g/mol. The first-order valence-corrected chi connectivity index (χ1v) is 6.98. The summed E-state index contributed by atoms with van der Waals surface area (Å²) in [6.07, 6.45) is 0. The average Bonchev–Trinajstić information content (AvgIpc) is 2.30. The molecule has 0 aliphatic heterocycles. The summed E-state index contributed by atoms with van der Waals surface area (Å²) in [4.78, 5) is 0. The Labute approximate surface area is 129 Å². The van der Waals surface area contributed by atoms with Gasteiger partial charge in [0.2, 0.25) is 5.75 Å². The molecule has 0 N–H and O–H groups in total. The van der Waals surface area contributed by atoms with Gasteiger partial charge >= 0.3 is 0 Å². The van der Waals surface area contributed by atoms with Crippen LogP contribution in [0.2, 0.25) is 0 Å². The molecule has 0 unspecified atom stereocenters. The summed E-state index contributed by atoms with van der Waals surface area (Å²) in [5.74, 6) is 1.97. The molecule has 17 heavy (non-hydrogen) atoms. The van der Waals surface area contributed by atoms with Gasteiger partial charge in [-0.2, -0.15) is 0 Å². The maximum Gasteiger partial charge on any atom is 0.205 e. The van der Waals surface area contributed by atoms with Crippen LogP contribution in [0.3, 0.4) is 0 Å². The third-order valence-corrected chi connectivity index (χ3v) is 5.43. The van der Waals surface area contributed by atoms with E-state index in [1.807, 2.05) is 6.92 Å². The molecule has 1 rings (SSSR count). The maximum atomic E-state index is 5.43. The standard InChI is InChI=1S/C12H14I2O3/c1-6(2)7-8(13)9(14)11(16-4)12(17-5)10(7)15-3/h1H2,2-5H3. The van der Waals surface area contributed by atoms with Gasteiger partial charge in [-0.25, -0.2) is 0 Å². The second kappa shape index (κ2) is 6.12. The molecule has 5 heteroatoms. The minimum absolute atomic E-state index is 0.609. The van der Waals surface area contributed by atoms with Crippen molar-refractivity contribution in [3.8, 4) is 17.2 Å². The van der Waals surface area contributed by atoms with Crippen molar-refractivity contribution in [3.63, 3.8) is 0 Å². The van der Waals surface area contributed by atoms with Crippen LogP contribution >= 0.6 is 45.2 Å². The molecule has 0 amide bonds. The molecule has 1 aromatic carbocycles. The zero-order valence-corrected chi connectivity index (χ0v) is 14.5. The van der Waals surface area contributed by atoms with E-state index in [2.05, 4.69) is 51.8 Å². The molecular formula is C12H14I2O3. The van der Waals surface area contributed by atoms with Crippen molar-refractivity contribution in [2.75, 3.05) is 21.3 Å². The van der Waals surface area contributed by atoms with Crippen LogP contribution in [-0.4, -0.2) is 21.3 Å². The largest absolute Gasteiger partial charge is 0.492 e. The van der Waals surface area contributed by atoms with Gasteiger partial charge in [-0.1, -0.05) is 6.58 Å². The van der Waals surface area contributed by atoms with E-state index in [4.69, 9.17) is 14.2 Å². The van der Waals surface area contributed by atoms with Gasteiger partial charge in [-0.15, -0.1) is 0 Å². The third kappa shape index (κ3) is 2.64. The van der Waals surface area contributed by atoms with E-state index < -0.39 is 0 Å². The van der Waals surface area contributed by atoms with Gasteiger partial charge in [0.25, 0.3) is 0 Å². The fourth-order valence-corrected chi connectivity index (χ4v) is 3.25. The summed E-state index contributed by atoms with van der Waals surface area (Å²) in [5.41, 5.74) is 1.90. The normalized spacial score (nSPS) is 10.0. The molecule has 0 aliphatic carbocycles. The lowest BCUT2D eigenvalue weighted by molar-refractivity contribution is 0.322. The van der Waals surface area contributed by atoms with Crippen molar-refractivity contribution in [3.05, 3.63) is 19.3 Å². The van der Waals surface area contributed by atoms with Gasteiger partial charge < -0.3 is 14.2 Å². The smallest absolute Gasteiger partial charge is 0.205 e. The van der Waals surface area contributed by atoms with Crippen LogP contribution in [-0.2, 0) is 0 Å². The Hall–Kier alpha value is -0.180. The van der Waals surface area contributed by atoms with Crippen LogP contribution in [0.25, 0.3) is 5.57 Å². The Morgan fingerprint density at radius 1 is 0.882 bits per heavy atom. The number of benzene rings is 1. The molecule has 0 fully saturated rings. The van der Waals surface area contributed by atoms with E-state index in [9.17, 15) is 0 Å². The van der Waals surface area contributed by atoms with E-state index in [1.165, 1.54) is 0 Å². The monoisotopic (exact) mass is 460 g/mol. The Bertz CT molecular complexity index is 456. The first-order chi connectivity index (χ1) is 7.99. The highest BCUT2D eigenvalue weighted by Crippen LogP contribution is 2.47. The molecule has 0 aliphatic rings. The van der Waals surface area contributed by atoms with Crippen LogP contribution in [0.5, 0.6) is 17.2 Å². The number of methoxy groups -OCH3 is 3. The number of allylic oxidation sites excluding steroid dienone is 1. The summed E-state index contributed by atoms with van der Waals surface area (Å²) in [5, 5.41) is 0. The lowest BCUT2D eigenvalue weighted by atomic mass is 10.1. The molecule has 3 nitrogen and oxygen atoms in total. The minimum atomic E-state index is 0.609. The maximum absolute atomic E-state index is 5.43. The number of rotatable bonds is 4. The summed E-state index contributed by atoms with van der Waals surface area (Å²) in [7, 11) is 4.84. The van der Waals surface area contributed by atoms with Gasteiger partial charge in [0.05, 0.1) is 24.9 Å². The topological polar surface area (TPSA) is 27.7 Å². The van der Waals surface area contributed by atoms with Crippen LogP contribution in [0.15, 0.2) is 6.58 Å². The van der Waals surface area contributed by atoms with Crippen molar-refractivity contribution >= 4 is 50.8 Å². The quantitative estimate of drug-likeness (QED) is 0.638. The molecule has 0 aromatic heterocycles. The van der Waals surface area contributed by atoms with Crippen molar-refractivity contribution in [1.82, 2.24) is 0 Å². The lowest BCUT2D eigenvalue weighted by Crippen LogP contribution is -2.03. The lowest BCUT2D eigenvalue weighted by Gasteiger charge is -2.19. The van der Waals surface area contributed by atoms with Gasteiger partial charge in [0.15, 0.2) is 11.5 Å². The number of halogens is 2. The molecule has 0 atom stereocenters. The summed E-state index contributed by atoms with van der Waals surface area (Å²) >= 11 is 4.50. The molecule has 1 aromatic rings. The predicted octanol–water partition coefficient (Wildman–Crippen LogP) is 3.95. The van der Waals surface area contributed by atoms with Gasteiger partial charge in [0.1, 0.15) is 0 Å². The Balaban J connectivity index is 3.74. The second-order valence-corrected chi connectivity index (χ2v) is 5.54. The van der Waals surface area contributed by atoms with Gasteiger partial charge in [-0.3, -0.25) is 0 Å². The Kier molecular flexibility index (Phi) is 5.36. The van der Waals surface area contributed by atoms with Crippen LogP contribution in [0, 0.1) is 7.14 Å². The zero-order valence-electron chi connectivity index (χ0n) is 10.2. The first-order valence-electron chi connectivity index (χ1n) is 4.82. The van der Waals surface area contributed by atoms with Crippen molar-refractivity contribution in [2.45, 2.75) is 6.92 Å². The Morgan fingerprint density at radius 2 is 1.35 bits per heavy atom. The number of hydrogen-bond acceptors (Lipinski definition) is 3. The fourth-order valence-electron chi connectivity index (χ4n) is 1.57. The number of hydrogen-bond donors (Lipinski definition) is 0. The molecule has 0 heterocycles. The molecular weight excluding hydrogens is 446 g/mol. The van der Waals surface area contributed by atoms with Crippen molar-refractivity contribution in [1.29, 1.82) is 0 Å². The summed E-state index contributed by atoms with van der Waals surface area (Å²) < 4.78 is 18.3. The SMILES string of the molecule is C=C(C)c1c(I)c(I)c(OC)c(OC)c1OC.